The summed E-state index contributed by atoms with van der Waals surface area (Å²) in [7, 11) is 0. The monoisotopic (exact) mass is 280 g/mol. The Kier molecular flexibility index (Phi) is 4.55. The zero-order chi connectivity index (χ0) is 14.5. The number of aromatic nitrogens is 2. The Morgan fingerprint density at radius 3 is 2.85 bits per heavy atom. The summed E-state index contributed by atoms with van der Waals surface area (Å²) in [5, 5.41) is 9.86. The molecule has 20 heavy (non-hydrogen) atoms. The van der Waals surface area contributed by atoms with Gasteiger partial charge in [-0.05, 0) is 43.5 Å². The molecule has 0 atom stereocenters. The van der Waals surface area contributed by atoms with Crippen LogP contribution in [0.25, 0.3) is 0 Å². The van der Waals surface area contributed by atoms with Crippen LogP contribution in [0.15, 0.2) is 24.4 Å². The van der Waals surface area contributed by atoms with Gasteiger partial charge < -0.3 is 11.1 Å². The van der Waals surface area contributed by atoms with Crippen LogP contribution in [0, 0.1) is 6.92 Å². The smallest absolute Gasteiger partial charge is 0.265 e. The van der Waals surface area contributed by atoms with Gasteiger partial charge in [0.2, 0.25) is 0 Å². The fourth-order valence-electron chi connectivity index (χ4n) is 2.05. The molecular formula is C14H18F2N4. The fraction of sp³-hybridized carbons (Fsp3) is 0.357. The van der Waals surface area contributed by atoms with Crippen LogP contribution in [-0.2, 0) is 6.42 Å². The highest BCUT2D eigenvalue weighted by molar-refractivity contribution is 5.58. The SMILES string of the molecule is Cc1[nH]ncc1CCCNc1ccc(N)cc1C(F)F. The molecule has 2 aromatic rings. The van der Waals surface area contributed by atoms with Crippen molar-refractivity contribution in [2.75, 3.05) is 17.6 Å². The lowest BCUT2D eigenvalue weighted by Gasteiger charge is -2.12. The van der Waals surface area contributed by atoms with E-state index in [2.05, 4.69) is 15.5 Å². The van der Waals surface area contributed by atoms with Crippen molar-refractivity contribution >= 4 is 11.4 Å². The van der Waals surface area contributed by atoms with Gasteiger partial charge in [-0.15, -0.1) is 0 Å². The van der Waals surface area contributed by atoms with E-state index < -0.39 is 6.43 Å². The minimum Gasteiger partial charge on any atom is -0.399 e. The van der Waals surface area contributed by atoms with Gasteiger partial charge in [0.15, 0.2) is 0 Å². The molecule has 2 rings (SSSR count). The van der Waals surface area contributed by atoms with Crippen molar-refractivity contribution in [3.63, 3.8) is 0 Å². The molecule has 0 bridgehead atoms. The Bertz CT molecular complexity index is 566. The van der Waals surface area contributed by atoms with Gasteiger partial charge in [0, 0.05) is 29.2 Å². The van der Waals surface area contributed by atoms with E-state index in [1.165, 1.54) is 6.07 Å². The van der Waals surface area contributed by atoms with Crippen LogP contribution < -0.4 is 11.1 Å². The maximum Gasteiger partial charge on any atom is 0.265 e. The van der Waals surface area contributed by atoms with Crippen LogP contribution >= 0.6 is 0 Å². The number of aromatic amines is 1. The number of aryl methyl sites for hydroxylation is 2. The first-order valence-electron chi connectivity index (χ1n) is 6.48. The van der Waals surface area contributed by atoms with E-state index >= 15 is 0 Å². The van der Waals surface area contributed by atoms with Crippen LogP contribution in [0.2, 0.25) is 0 Å². The minimum atomic E-state index is -2.53. The Balaban J connectivity index is 1.89. The predicted octanol–water partition coefficient (Wildman–Crippen LogP) is 3.28. The normalized spacial score (nSPS) is 11.0. The van der Waals surface area contributed by atoms with Crippen LogP contribution in [0.5, 0.6) is 0 Å². The van der Waals surface area contributed by atoms with Crippen LogP contribution in [0.1, 0.15) is 29.7 Å². The number of halogens is 2. The summed E-state index contributed by atoms with van der Waals surface area (Å²) >= 11 is 0. The first-order valence-corrected chi connectivity index (χ1v) is 6.48. The molecule has 4 nitrogen and oxygen atoms in total. The summed E-state index contributed by atoms with van der Waals surface area (Å²) in [4.78, 5) is 0. The van der Waals surface area contributed by atoms with Crippen LogP contribution in [0.4, 0.5) is 20.2 Å². The Morgan fingerprint density at radius 1 is 1.40 bits per heavy atom. The number of hydrogen-bond acceptors (Lipinski definition) is 3. The van der Waals surface area contributed by atoms with E-state index in [9.17, 15) is 8.78 Å². The van der Waals surface area contributed by atoms with E-state index in [0.29, 0.717) is 17.9 Å². The van der Waals surface area contributed by atoms with Crippen molar-refractivity contribution in [1.82, 2.24) is 10.2 Å². The molecule has 0 radical (unpaired) electrons. The third-order valence-corrected chi connectivity index (χ3v) is 3.18. The molecule has 0 aliphatic carbocycles. The number of nitrogen functional groups attached to an aromatic ring is 1. The van der Waals surface area contributed by atoms with Gasteiger partial charge in [-0.2, -0.15) is 5.10 Å². The van der Waals surface area contributed by atoms with E-state index in [4.69, 9.17) is 5.73 Å². The lowest BCUT2D eigenvalue weighted by Crippen LogP contribution is -2.06. The van der Waals surface area contributed by atoms with Crippen molar-refractivity contribution in [3.05, 3.63) is 41.2 Å². The molecular weight excluding hydrogens is 262 g/mol. The fourth-order valence-corrected chi connectivity index (χ4v) is 2.05. The first kappa shape index (κ1) is 14.3. The Hall–Kier alpha value is -2.11. The number of benzene rings is 1. The molecule has 6 heteroatoms. The van der Waals surface area contributed by atoms with Crippen molar-refractivity contribution in [1.29, 1.82) is 0 Å². The number of nitrogens with two attached hydrogens (primary N) is 1. The minimum absolute atomic E-state index is 0.0514. The van der Waals surface area contributed by atoms with Gasteiger partial charge >= 0.3 is 0 Å². The van der Waals surface area contributed by atoms with Gasteiger partial charge in [-0.1, -0.05) is 0 Å². The van der Waals surface area contributed by atoms with Crippen molar-refractivity contribution in [3.8, 4) is 0 Å². The molecule has 0 spiro atoms. The van der Waals surface area contributed by atoms with E-state index in [0.717, 1.165) is 24.1 Å². The number of nitrogens with zero attached hydrogens (tertiary/aromatic N) is 1. The molecule has 1 aromatic heterocycles. The maximum atomic E-state index is 12.9. The zero-order valence-corrected chi connectivity index (χ0v) is 11.3. The van der Waals surface area contributed by atoms with Crippen molar-refractivity contribution < 1.29 is 8.78 Å². The lowest BCUT2D eigenvalue weighted by molar-refractivity contribution is 0.152. The van der Waals surface area contributed by atoms with E-state index in [-0.39, 0.29) is 5.56 Å². The molecule has 0 unspecified atom stereocenters. The molecule has 0 aliphatic rings. The Labute approximate surface area is 116 Å². The second kappa shape index (κ2) is 6.36. The summed E-state index contributed by atoms with van der Waals surface area (Å²) in [6.07, 6.45) is 0.961. The maximum absolute atomic E-state index is 12.9. The largest absolute Gasteiger partial charge is 0.399 e. The summed E-state index contributed by atoms with van der Waals surface area (Å²) in [5.74, 6) is 0. The molecule has 1 heterocycles. The van der Waals surface area contributed by atoms with Crippen LogP contribution in [-0.4, -0.2) is 16.7 Å². The third-order valence-electron chi connectivity index (χ3n) is 3.18. The van der Waals surface area contributed by atoms with Crippen molar-refractivity contribution in [2.45, 2.75) is 26.2 Å². The third kappa shape index (κ3) is 3.46. The summed E-state index contributed by atoms with van der Waals surface area (Å²) in [5.41, 5.74) is 8.47. The highest BCUT2D eigenvalue weighted by atomic mass is 19.3. The number of H-pyrrole nitrogens is 1. The zero-order valence-electron chi connectivity index (χ0n) is 11.3. The number of rotatable bonds is 6. The molecule has 108 valence electrons. The highest BCUT2D eigenvalue weighted by Gasteiger charge is 2.12. The number of alkyl halides is 2. The molecule has 4 N–H and O–H groups in total. The van der Waals surface area contributed by atoms with Crippen molar-refractivity contribution in [2.24, 2.45) is 0 Å². The number of hydrogen-bond donors (Lipinski definition) is 3. The average molecular weight is 280 g/mol. The molecule has 0 saturated heterocycles. The molecule has 0 aliphatic heterocycles. The van der Waals surface area contributed by atoms with Gasteiger partial charge in [0.05, 0.1) is 6.20 Å². The molecule has 1 aromatic carbocycles. The molecule has 0 fully saturated rings. The molecule has 0 saturated carbocycles. The second-order valence-electron chi connectivity index (χ2n) is 4.70. The first-order chi connectivity index (χ1) is 9.58. The predicted molar refractivity (Wildman–Crippen MR) is 75.9 cm³/mol. The number of anilines is 2. The van der Waals surface area contributed by atoms with Crippen LogP contribution in [0.3, 0.4) is 0 Å². The summed E-state index contributed by atoms with van der Waals surface area (Å²) in [6, 6.07) is 4.53. The van der Waals surface area contributed by atoms with Gasteiger partial charge in [0.1, 0.15) is 0 Å². The topological polar surface area (TPSA) is 66.7 Å². The quantitative estimate of drug-likeness (QED) is 0.562. The van der Waals surface area contributed by atoms with Gasteiger partial charge in [0.25, 0.3) is 6.43 Å². The summed E-state index contributed by atoms with van der Waals surface area (Å²) < 4.78 is 25.8. The second-order valence-corrected chi connectivity index (χ2v) is 4.70. The van der Waals surface area contributed by atoms with Gasteiger partial charge in [-0.3, -0.25) is 5.10 Å². The van der Waals surface area contributed by atoms with E-state index in [1.54, 1.807) is 18.3 Å². The number of nitrogens with one attached hydrogen (secondary N) is 2. The highest BCUT2D eigenvalue weighted by Crippen LogP contribution is 2.28. The van der Waals surface area contributed by atoms with Gasteiger partial charge in [-0.25, -0.2) is 8.78 Å². The summed E-state index contributed by atoms with van der Waals surface area (Å²) in [6.45, 7) is 2.58. The Morgan fingerprint density at radius 2 is 2.20 bits per heavy atom. The lowest BCUT2D eigenvalue weighted by atomic mass is 10.1. The average Bonchev–Trinajstić information content (AvgIpc) is 2.81. The standard InChI is InChI=1S/C14H18F2N4/c1-9-10(8-19-20-9)3-2-6-18-13-5-4-11(17)7-12(13)14(15)16/h4-5,7-8,14,18H,2-3,6,17H2,1H3,(H,19,20). The molecule has 0 amide bonds. The van der Waals surface area contributed by atoms with E-state index in [1.807, 2.05) is 6.92 Å².